The maximum Gasteiger partial charge on any atom is 0.281 e. The van der Waals surface area contributed by atoms with Crippen LogP contribution in [-0.2, 0) is 10.0 Å². The van der Waals surface area contributed by atoms with Gasteiger partial charge in [-0.05, 0) is 74.7 Å². The zero-order valence-corrected chi connectivity index (χ0v) is 21.1. The summed E-state index contributed by atoms with van der Waals surface area (Å²) >= 11 is 0. The number of nitrogens with two attached hydrogens (primary N) is 1. The zero-order valence-electron chi connectivity index (χ0n) is 20.2. The van der Waals surface area contributed by atoms with Crippen LogP contribution in [0, 0.1) is 27.7 Å². The molecular formula is C26H25N5O4S. The number of nitrogens with one attached hydrogen (secondary N) is 1. The van der Waals surface area contributed by atoms with E-state index in [1.807, 2.05) is 50.6 Å². The summed E-state index contributed by atoms with van der Waals surface area (Å²) in [4.78, 5) is 25.9. The molecule has 1 amide bonds. The molecule has 3 N–H and O–H groups in total. The normalized spacial score (nSPS) is 11.2. The van der Waals surface area contributed by atoms with Crippen LogP contribution in [0.2, 0.25) is 0 Å². The van der Waals surface area contributed by atoms with Crippen LogP contribution < -0.4 is 15.2 Å². The molecule has 0 saturated carbocycles. The molecule has 0 spiro atoms. The lowest BCUT2D eigenvalue weighted by Crippen LogP contribution is -2.31. The van der Waals surface area contributed by atoms with Crippen LogP contribution in [0.5, 0.6) is 11.6 Å². The van der Waals surface area contributed by atoms with Gasteiger partial charge < -0.3 is 10.5 Å². The topological polar surface area (TPSA) is 137 Å². The zero-order chi connectivity index (χ0) is 26.0. The lowest BCUT2D eigenvalue weighted by atomic mass is 10.1. The Hall–Kier alpha value is -4.31. The second kappa shape index (κ2) is 9.74. The summed E-state index contributed by atoms with van der Waals surface area (Å²) in [6, 6.07) is 14.8. The van der Waals surface area contributed by atoms with Crippen molar-refractivity contribution in [3.63, 3.8) is 0 Å². The quantitative estimate of drug-likeness (QED) is 0.398. The number of benzene rings is 1. The van der Waals surface area contributed by atoms with Crippen LogP contribution in [-0.4, -0.2) is 29.3 Å². The van der Waals surface area contributed by atoms with Crippen molar-refractivity contribution in [3.8, 4) is 23.0 Å². The fourth-order valence-corrected chi connectivity index (χ4v) is 4.63. The Kier molecular flexibility index (Phi) is 6.71. The van der Waals surface area contributed by atoms with Gasteiger partial charge in [0.25, 0.3) is 15.9 Å². The maximum absolute atomic E-state index is 13.2. The molecule has 4 aromatic rings. The van der Waals surface area contributed by atoms with E-state index in [0.717, 1.165) is 22.3 Å². The van der Waals surface area contributed by atoms with Crippen LogP contribution in [0.3, 0.4) is 0 Å². The molecule has 10 heteroatoms. The van der Waals surface area contributed by atoms with Crippen molar-refractivity contribution in [2.24, 2.45) is 0 Å². The number of aromatic nitrogens is 3. The second-order valence-corrected chi connectivity index (χ2v) is 10.1. The Morgan fingerprint density at radius 2 is 1.58 bits per heavy atom. The Labute approximate surface area is 209 Å². The number of ether oxygens (including phenoxy) is 1. The van der Waals surface area contributed by atoms with Crippen molar-refractivity contribution in [1.29, 1.82) is 0 Å². The van der Waals surface area contributed by atoms with Crippen molar-refractivity contribution < 1.29 is 17.9 Å². The first-order chi connectivity index (χ1) is 17.0. The van der Waals surface area contributed by atoms with Gasteiger partial charge in [0.15, 0.2) is 5.03 Å². The van der Waals surface area contributed by atoms with E-state index < -0.39 is 15.9 Å². The number of sulfonamides is 1. The van der Waals surface area contributed by atoms with Gasteiger partial charge in [-0.2, -0.15) is 8.42 Å². The van der Waals surface area contributed by atoms with Gasteiger partial charge >= 0.3 is 0 Å². The minimum atomic E-state index is -4.30. The minimum absolute atomic E-state index is 0.0104. The molecule has 0 aliphatic rings. The van der Waals surface area contributed by atoms with Gasteiger partial charge in [0.2, 0.25) is 5.88 Å². The first-order valence-electron chi connectivity index (χ1n) is 11.0. The summed E-state index contributed by atoms with van der Waals surface area (Å²) in [6.45, 7) is 7.66. The standard InChI is InChI=1S/C26H25N5O4S/c1-15-8-10-20(28-14-15)21-11-9-19(25(32)31-36(33,34)23-7-5-6-22(27)30-23)26(29-21)35-24-17(3)12-16(2)13-18(24)4/h5-14H,1-4H3,(H2,27,30)(H,31,32). The molecule has 3 heterocycles. The molecule has 0 unspecified atom stereocenters. The predicted octanol–water partition coefficient (Wildman–Crippen LogP) is 4.27. The van der Waals surface area contributed by atoms with E-state index in [1.165, 1.54) is 24.3 Å². The number of hydrogen-bond donors (Lipinski definition) is 2. The largest absolute Gasteiger partial charge is 0.438 e. The fourth-order valence-electron chi connectivity index (χ4n) is 3.69. The van der Waals surface area contributed by atoms with Crippen molar-refractivity contribution in [2.45, 2.75) is 32.7 Å². The van der Waals surface area contributed by atoms with Gasteiger partial charge in [0, 0.05) is 6.20 Å². The average Bonchev–Trinajstić information content (AvgIpc) is 2.81. The highest BCUT2D eigenvalue weighted by Gasteiger charge is 2.25. The molecule has 0 radical (unpaired) electrons. The molecule has 1 aromatic carbocycles. The molecule has 0 aliphatic heterocycles. The lowest BCUT2D eigenvalue weighted by Gasteiger charge is -2.16. The van der Waals surface area contributed by atoms with Gasteiger partial charge in [-0.15, -0.1) is 0 Å². The Morgan fingerprint density at radius 1 is 0.889 bits per heavy atom. The molecule has 0 atom stereocenters. The van der Waals surface area contributed by atoms with Crippen LogP contribution >= 0.6 is 0 Å². The van der Waals surface area contributed by atoms with E-state index in [9.17, 15) is 13.2 Å². The number of pyridine rings is 3. The highest BCUT2D eigenvalue weighted by molar-refractivity contribution is 7.90. The van der Waals surface area contributed by atoms with Gasteiger partial charge in [0.05, 0.1) is 11.4 Å². The monoisotopic (exact) mass is 503 g/mol. The minimum Gasteiger partial charge on any atom is -0.438 e. The number of aryl methyl sites for hydroxylation is 4. The second-order valence-electron chi connectivity index (χ2n) is 8.44. The molecular weight excluding hydrogens is 478 g/mol. The maximum atomic E-state index is 13.2. The van der Waals surface area contributed by atoms with Crippen molar-refractivity contribution >= 4 is 21.7 Å². The summed E-state index contributed by atoms with van der Waals surface area (Å²) in [5, 5.41) is -0.378. The van der Waals surface area contributed by atoms with Crippen LogP contribution in [0.4, 0.5) is 5.82 Å². The number of hydrogen-bond acceptors (Lipinski definition) is 8. The number of carbonyl (C=O) groups excluding carboxylic acids is 1. The van der Waals surface area contributed by atoms with E-state index in [1.54, 1.807) is 18.3 Å². The molecule has 36 heavy (non-hydrogen) atoms. The third-order valence-corrected chi connectivity index (χ3v) is 6.56. The van der Waals surface area contributed by atoms with Crippen LogP contribution in [0.15, 0.2) is 65.8 Å². The number of nitrogens with zero attached hydrogens (tertiary/aromatic N) is 3. The number of rotatable bonds is 6. The molecule has 4 rings (SSSR count). The van der Waals surface area contributed by atoms with Crippen molar-refractivity contribution in [3.05, 3.63) is 88.6 Å². The molecule has 0 fully saturated rings. The van der Waals surface area contributed by atoms with E-state index in [4.69, 9.17) is 10.5 Å². The van der Waals surface area contributed by atoms with E-state index in [2.05, 4.69) is 15.0 Å². The molecule has 184 valence electrons. The summed E-state index contributed by atoms with van der Waals surface area (Å²) in [6.07, 6.45) is 1.71. The SMILES string of the molecule is Cc1ccc(-c2ccc(C(=O)NS(=O)(=O)c3cccc(N)n3)c(Oc3c(C)cc(C)cc3C)n2)nc1. The van der Waals surface area contributed by atoms with Crippen LogP contribution in [0.25, 0.3) is 11.4 Å². The number of amides is 1. The summed E-state index contributed by atoms with van der Waals surface area (Å²) in [7, 11) is -4.30. The van der Waals surface area contributed by atoms with Crippen LogP contribution in [0.1, 0.15) is 32.6 Å². The lowest BCUT2D eigenvalue weighted by molar-refractivity contribution is 0.0978. The smallest absolute Gasteiger partial charge is 0.281 e. The van der Waals surface area contributed by atoms with Crippen molar-refractivity contribution in [1.82, 2.24) is 19.7 Å². The predicted molar refractivity (Wildman–Crippen MR) is 136 cm³/mol. The summed E-state index contributed by atoms with van der Waals surface area (Å²) in [5.41, 5.74) is 10.3. The summed E-state index contributed by atoms with van der Waals surface area (Å²) in [5.74, 6) is -0.446. The van der Waals surface area contributed by atoms with Gasteiger partial charge in [-0.1, -0.05) is 29.8 Å². The Bertz CT molecular complexity index is 1550. The Morgan fingerprint density at radius 3 is 2.22 bits per heavy atom. The molecule has 3 aromatic heterocycles. The molecule has 0 bridgehead atoms. The highest BCUT2D eigenvalue weighted by atomic mass is 32.2. The molecule has 0 saturated heterocycles. The number of carbonyl (C=O) groups is 1. The van der Waals surface area contributed by atoms with Gasteiger partial charge in [-0.25, -0.2) is 14.7 Å². The summed E-state index contributed by atoms with van der Waals surface area (Å²) < 4.78 is 33.7. The third kappa shape index (κ3) is 5.33. The van der Waals surface area contributed by atoms with E-state index in [0.29, 0.717) is 17.1 Å². The number of anilines is 1. The van der Waals surface area contributed by atoms with E-state index >= 15 is 0 Å². The first kappa shape index (κ1) is 24.8. The fraction of sp³-hybridized carbons (Fsp3) is 0.154. The van der Waals surface area contributed by atoms with Gasteiger partial charge in [0.1, 0.15) is 17.1 Å². The third-order valence-electron chi connectivity index (χ3n) is 5.33. The average molecular weight is 504 g/mol. The first-order valence-corrected chi connectivity index (χ1v) is 12.5. The Balaban J connectivity index is 1.77. The van der Waals surface area contributed by atoms with Gasteiger partial charge in [-0.3, -0.25) is 9.78 Å². The highest BCUT2D eigenvalue weighted by Crippen LogP contribution is 2.32. The molecule has 0 aliphatic carbocycles. The molecule has 9 nitrogen and oxygen atoms in total. The van der Waals surface area contributed by atoms with E-state index in [-0.39, 0.29) is 22.3 Å². The van der Waals surface area contributed by atoms with Crippen molar-refractivity contribution in [2.75, 3.05) is 5.73 Å². The number of nitrogen functional groups attached to an aromatic ring is 1.